The van der Waals surface area contributed by atoms with Crippen LogP contribution in [0.15, 0.2) is 27.8 Å². The maximum absolute atomic E-state index is 11.1. The molecule has 0 radical (unpaired) electrons. The Balaban J connectivity index is 2.26. The fourth-order valence-corrected chi connectivity index (χ4v) is 1.60. The van der Waals surface area contributed by atoms with Crippen molar-refractivity contribution in [3.05, 3.63) is 38.4 Å². The predicted octanol–water partition coefficient (Wildman–Crippen LogP) is 2.23. The summed E-state index contributed by atoms with van der Waals surface area (Å²) < 4.78 is 0. The summed E-state index contributed by atoms with van der Waals surface area (Å²) in [5.74, 6) is 0.387. The lowest BCUT2D eigenvalue weighted by Crippen LogP contribution is -2.10. The highest BCUT2D eigenvalue weighted by Crippen LogP contribution is 2.15. The minimum atomic E-state index is -0.348. The second-order valence-electron chi connectivity index (χ2n) is 2.55. The van der Waals surface area contributed by atoms with Crippen LogP contribution in [-0.2, 0) is 0 Å². The van der Waals surface area contributed by atoms with Crippen molar-refractivity contribution < 1.29 is 0 Å². The summed E-state index contributed by atoms with van der Waals surface area (Å²) in [6, 6.07) is 1.89. The molecule has 14 heavy (non-hydrogen) atoms. The highest BCUT2D eigenvalue weighted by Gasteiger charge is 1.99. The Hall–Kier alpha value is -1.33. The Morgan fingerprint density at radius 3 is 3.07 bits per heavy atom. The van der Waals surface area contributed by atoms with E-state index in [4.69, 9.17) is 11.6 Å². The molecule has 0 spiro atoms. The van der Waals surface area contributed by atoms with Crippen molar-refractivity contribution in [2.45, 2.75) is 0 Å². The van der Waals surface area contributed by atoms with Gasteiger partial charge in [0.25, 0.3) is 5.56 Å². The number of halogens is 1. The Kier molecular flexibility index (Phi) is 2.51. The van der Waals surface area contributed by atoms with Crippen molar-refractivity contribution in [3.8, 4) is 0 Å². The van der Waals surface area contributed by atoms with E-state index in [0.717, 1.165) is 5.69 Å². The lowest BCUT2D eigenvalue weighted by molar-refractivity contribution is 1.12. The Morgan fingerprint density at radius 2 is 2.43 bits per heavy atom. The molecule has 0 aromatic carbocycles. The molecule has 0 bridgehead atoms. The van der Waals surface area contributed by atoms with Gasteiger partial charge in [-0.3, -0.25) is 9.78 Å². The number of hydrogen-bond donors (Lipinski definition) is 2. The largest absolute Gasteiger partial charge is 0.325 e. The summed E-state index contributed by atoms with van der Waals surface area (Å²) in [5, 5.41) is 6.86. The molecular formula is C8H6ClN3OS. The van der Waals surface area contributed by atoms with Crippen LogP contribution >= 0.6 is 22.9 Å². The molecule has 0 aliphatic heterocycles. The molecule has 72 valence electrons. The number of hydrogen-bond acceptors (Lipinski definition) is 4. The standard InChI is InChI=1S/C8H6ClN3OS/c9-6-3-10-8(12-7(6)13)11-5-1-2-14-4-5/h1-4H,(H2,10,11,12,13). The van der Waals surface area contributed by atoms with Gasteiger partial charge in [0.15, 0.2) is 0 Å². The lowest BCUT2D eigenvalue weighted by atomic mass is 10.5. The van der Waals surface area contributed by atoms with E-state index in [1.807, 2.05) is 16.8 Å². The first-order chi connectivity index (χ1) is 6.75. The van der Waals surface area contributed by atoms with Gasteiger partial charge in [0, 0.05) is 5.38 Å². The minimum Gasteiger partial charge on any atom is -0.325 e. The van der Waals surface area contributed by atoms with Crippen LogP contribution in [0.3, 0.4) is 0 Å². The number of rotatable bonds is 2. The first-order valence-corrected chi connectivity index (χ1v) is 5.12. The second kappa shape index (κ2) is 3.81. The van der Waals surface area contributed by atoms with E-state index in [9.17, 15) is 4.79 Å². The van der Waals surface area contributed by atoms with Gasteiger partial charge < -0.3 is 5.32 Å². The zero-order valence-corrected chi connectivity index (χ0v) is 8.52. The average molecular weight is 228 g/mol. The van der Waals surface area contributed by atoms with Gasteiger partial charge in [0.2, 0.25) is 5.95 Å². The Labute approximate surface area is 88.6 Å². The number of H-pyrrole nitrogens is 1. The monoisotopic (exact) mass is 227 g/mol. The minimum absolute atomic E-state index is 0.0841. The van der Waals surface area contributed by atoms with Crippen LogP contribution in [0.4, 0.5) is 11.6 Å². The lowest BCUT2D eigenvalue weighted by Gasteiger charge is -2.01. The van der Waals surface area contributed by atoms with Gasteiger partial charge in [0.05, 0.1) is 11.9 Å². The van der Waals surface area contributed by atoms with Gasteiger partial charge in [0.1, 0.15) is 5.02 Å². The van der Waals surface area contributed by atoms with E-state index in [1.165, 1.54) is 6.20 Å². The molecule has 2 rings (SSSR count). The van der Waals surface area contributed by atoms with Crippen molar-refractivity contribution in [1.29, 1.82) is 0 Å². The highest BCUT2D eigenvalue weighted by molar-refractivity contribution is 7.08. The number of aromatic nitrogens is 2. The van der Waals surface area contributed by atoms with Crippen molar-refractivity contribution in [2.75, 3.05) is 5.32 Å². The first-order valence-electron chi connectivity index (χ1n) is 3.80. The molecule has 0 aliphatic carbocycles. The summed E-state index contributed by atoms with van der Waals surface area (Å²) in [7, 11) is 0. The summed E-state index contributed by atoms with van der Waals surface area (Å²) >= 11 is 7.09. The molecule has 0 saturated heterocycles. The van der Waals surface area contributed by atoms with Crippen molar-refractivity contribution in [2.24, 2.45) is 0 Å². The van der Waals surface area contributed by atoms with Crippen LogP contribution in [0.2, 0.25) is 5.02 Å². The normalized spacial score (nSPS) is 10.1. The van der Waals surface area contributed by atoms with Gasteiger partial charge >= 0.3 is 0 Å². The van der Waals surface area contributed by atoms with Gasteiger partial charge in [-0.15, -0.1) is 0 Å². The quantitative estimate of drug-likeness (QED) is 0.827. The van der Waals surface area contributed by atoms with E-state index in [2.05, 4.69) is 15.3 Å². The topological polar surface area (TPSA) is 57.8 Å². The zero-order valence-electron chi connectivity index (χ0n) is 6.95. The molecule has 0 unspecified atom stereocenters. The average Bonchev–Trinajstić information content (AvgIpc) is 2.64. The Bertz CT molecular complexity index is 480. The molecule has 4 nitrogen and oxygen atoms in total. The second-order valence-corrected chi connectivity index (χ2v) is 3.73. The van der Waals surface area contributed by atoms with E-state index in [1.54, 1.807) is 11.3 Å². The van der Waals surface area contributed by atoms with Crippen LogP contribution in [0.5, 0.6) is 0 Å². The molecule has 0 fully saturated rings. The summed E-state index contributed by atoms with van der Waals surface area (Å²) in [5.41, 5.74) is 0.542. The highest BCUT2D eigenvalue weighted by atomic mass is 35.5. The molecule has 0 atom stereocenters. The molecule has 2 aromatic heterocycles. The Morgan fingerprint density at radius 1 is 1.57 bits per heavy atom. The van der Waals surface area contributed by atoms with E-state index in [-0.39, 0.29) is 10.6 Å². The third-order valence-corrected chi connectivity index (χ3v) is 2.49. The molecule has 2 heterocycles. The number of anilines is 2. The fourth-order valence-electron chi connectivity index (χ4n) is 0.915. The smallest absolute Gasteiger partial charge is 0.271 e. The number of aromatic amines is 1. The molecule has 6 heteroatoms. The van der Waals surface area contributed by atoms with Gasteiger partial charge in [-0.2, -0.15) is 11.3 Å². The van der Waals surface area contributed by atoms with Crippen molar-refractivity contribution in [3.63, 3.8) is 0 Å². The number of nitrogens with one attached hydrogen (secondary N) is 2. The number of nitrogens with zero attached hydrogens (tertiary/aromatic N) is 1. The van der Waals surface area contributed by atoms with Crippen LogP contribution in [0.25, 0.3) is 0 Å². The van der Waals surface area contributed by atoms with Gasteiger partial charge in [-0.25, -0.2) is 4.98 Å². The number of thiophene rings is 1. The maximum Gasteiger partial charge on any atom is 0.271 e. The molecule has 0 amide bonds. The third-order valence-electron chi connectivity index (χ3n) is 1.54. The summed E-state index contributed by atoms with van der Waals surface area (Å²) in [4.78, 5) is 17.5. The fraction of sp³-hybridized carbons (Fsp3) is 0. The molecule has 0 aliphatic rings. The third kappa shape index (κ3) is 1.94. The predicted molar refractivity (Wildman–Crippen MR) is 57.5 cm³/mol. The summed E-state index contributed by atoms with van der Waals surface area (Å²) in [6.45, 7) is 0. The molecule has 2 aromatic rings. The van der Waals surface area contributed by atoms with Crippen LogP contribution in [0, 0.1) is 0 Å². The van der Waals surface area contributed by atoms with Crippen LogP contribution in [-0.4, -0.2) is 9.97 Å². The zero-order chi connectivity index (χ0) is 9.97. The molecule has 2 N–H and O–H groups in total. The van der Waals surface area contributed by atoms with Gasteiger partial charge in [-0.05, 0) is 11.4 Å². The van der Waals surface area contributed by atoms with E-state index in [0.29, 0.717) is 5.95 Å². The van der Waals surface area contributed by atoms with Crippen molar-refractivity contribution >= 4 is 34.6 Å². The molecule has 0 saturated carbocycles. The van der Waals surface area contributed by atoms with Crippen LogP contribution < -0.4 is 10.9 Å². The first kappa shape index (κ1) is 9.23. The SMILES string of the molecule is O=c1[nH]c(Nc2ccsc2)ncc1Cl. The van der Waals surface area contributed by atoms with E-state index >= 15 is 0 Å². The molecular weight excluding hydrogens is 222 g/mol. The van der Waals surface area contributed by atoms with Crippen molar-refractivity contribution in [1.82, 2.24) is 9.97 Å². The van der Waals surface area contributed by atoms with Crippen LogP contribution in [0.1, 0.15) is 0 Å². The van der Waals surface area contributed by atoms with Gasteiger partial charge in [-0.1, -0.05) is 11.6 Å². The van der Waals surface area contributed by atoms with E-state index < -0.39 is 0 Å². The maximum atomic E-state index is 11.1. The summed E-state index contributed by atoms with van der Waals surface area (Å²) in [6.07, 6.45) is 1.31.